The molecule has 3 aromatic rings. The molecule has 1 unspecified atom stereocenters. The standard InChI is InChI=1S/C25H30N4O4S2/c1-6-32-24(31)21-17-8-7-9-19(17)35-23(21)26-20(30)13-34-25-28-27-22(29(25)5)16(4)33-18-11-10-14(2)12-15(18)3/h10-12,16H,6-9,13H2,1-5H3,(H,26,30). The van der Waals surface area contributed by atoms with E-state index in [4.69, 9.17) is 9.47 Å². The fraction of sp³-hybridized carbons (Fsp3) is 0.440. The Kier molecular flexibility index (Phi) is 7.81. The predicted octanol–water partition coefficient (Wildman–Crippen LogP) is 5.03. The van der Waals surface area contributed by atoms with Crippen LogP contribution in [0.4, 0.5) is 5.00 Å². The number of aryl methyl sites for hydroxylation is 3. The summed E-state index contributed by atoms with van der Waals surface area (Å²) in [6.45, 7) is 8.07. The fourth-order valence-corrected chi connectivity index (χ4v) is 6.20. The third-order valence-electron chi connectivity index (χ3n) is 5.85. The minimum absolute atomic E-state index is 0.142. The molecule has 1 atom stereocenters. The van der Waals surface area contributed by atoms with Crippen LogP contribution in [0.1, 0.15) is 64.1 Å². The van der Waals surface area contributed by atoms with Gasteiger partial charge in [-0.3, -0.25) is 4.79 Å². The number of ether oxygens (including phenoxy) is 2. The molecule has 0 fully saturated rings. The number of nitrogens with zero attached hydrogens (tertiary/aromatic N) is 3. The third kappa shape index (κ3) is 5.54. The molecule has 0 saturated heterocycles. The minimum Gasteiger partial charge on any atom is -0.482 e. The Morgan fingerprint density at radius 3 is 2.80 bits per heavy atom. The maximum absolute atomic E-state index is 12.7. The fourth-order valence-electron chi connectivity index (χ4n) is 4.18. The smallest absolute Gasteiger partial charge is 0.341 e. The topological polar surface area (TPSA) is 95.3 Å². The van der Waals surface area contributed by atoms with E-state index >= 15 is 0 Å². The molecular formula is C25H30N4O4S2. The molecular weight excluding hydrogens is 484 g/mol. The summed E-state index contributed by atoms with van der Waals surface area (Å²) in [5.74, 6) is 1.05. The van der Waals surface area contributed by atoms with Crippen LogP contribution < -0.4 is 10.1 Å². The molecule has 1 amide bonds. The quantitative estimate of drug-likeness (QED) is 0.316. The molecule has 8 nitrogen and oxygen atoms in total. The second-order valence-electron chi connectivity index (χ2n) is 8.55. The highest BCUT2D eigenvalue weighted by molar-refractivity contribution is 7.99. The van der Waals surface area contributed by atoms with Crippen LogP contribution in [0.3, 0.4) is 0 Å². The van der Waals surface area contributed by atoms with Crippen molar-refractivity contribution in [2.24, 2.45) is 7.05 Å². The minimum atomic E-state index is -0.370. The summed E-state index contributed by atoms with van der Waals surface area (Å²) in [5, 5.41) is 12.6. The van der Waals surface area contributed by atoms with Crippen LogP contribution in [0.2, 0.25) is 0 Å². The van der Waals surface area contributed by atoms with Gasteiger partial charge in [0.2, 0.25) is 5.91 Å². The van der Waals surface area contributed by atoms with Crippen molar-refractivity contribution in [2.45, 2.75) is 58.2 Å². The summed E-state index contributed by atoms with van der Waals surface area (Å²) < 4.78 is 13.2. The molecule has 4 rings (SSSR count). The molecule has 0 radical (unpaired) electrons. The lowest BCUT2D eigenvalue weighted by Gasteiger charge is -2.16. The SMILES string of the molecule is CCOC(=O)c1c(NC(=O)CSc2nnc(C(C)Oc3ccc(C)cc3C)n2C)sc2c1CCC2. The molecule has 0 saturated carbocycles. The van der Waals surface area contributed by atoms with Gasteiger partial charge in [-0.25, -0.2) is 4.79 Å². The summed E-state index contributed by atoms with van der Waals surface area (Å²) in [6, 6.07) is 6.05. The lowest BCUT2D eigenvalue weighted by Crippen LogP contribution is -2.17. The number of rotatable bonds is 9. The molecule has 0 bridgehead atoms. The Hall–Kier alpha value is -2.85. The number of carbonyl (C=O) groups excluding carboxylic acids is 2. The number of carbonyl (C=O) groups is 2. The van der Waals surface area contributed by atoms with Gasteiger partial charge < -0.3 is 19.4 Å². The molecule has 2 aromatic heterocycles. The largest absolute Gasteiger partial charge is 0.482 e. The van der Waals surface area contributed by atoms with Gasteiger partial charge in [-0.2, -0.15) is 0 Å². The van der Waals surface area contributed by atoms with E-state index in [1.807, 2.05) is 44.5 Å². The zero-order valence-corrected chi connectivity index (χ0v) is 22.3. The second kappa shape index (κ2) is 10.8. The van der Waals surface area contributed by atoms with Crippen LogP contribution in [-0.4, -0.2) is 39.0 Å². The van der Waals surface area contributed by atoms with Gasteiger partial charge in [-0.05, 0) is 64.2 Å². The summed E-state index contributed by atoms with van der Waals surface area (Å²) in [5.41, 5.74) is 3.78. The molecule has 1 N–H and O–H groups in total. The van der Waals surface area contributed by atoms with Gasteiger partial charge in [0.15, 0.2) is 17.1 Å². The van der Waals surface area contributed by atoms with Crippen LogP contribution in [0, 0.1) is 13.8 Å². The van der Waals surface area contributed by atoms with Crippen molar-refractivity contribution in [3.05, 3.63) is 51.2 Å². The molecule has 35 heavy (non-hydrogen) atoms. The van der Waals surface area contributed by atoms with Crippen LogP contribution in [0.25, 0.3) is 0 Å². The number of anilines is 1. The zero-order valence-electron chi connectivity index (χ0n) is 20.6. The average Bonchev–Trinajstić information content (AvgIpc) is 3.49. The van der Waals surface area contributed by atoms with Gasteiger partial charge in [-0.15, -0.1) is 21.5 Å². The van der Waals surface area contributed by atoms with Gasteiger partial charge in [-0.1, -0.05) is 29.5 Å². The van der Waals surface area contributed by atoms with Crippen LogP contribution in [0.5, 0.6) is 5.75 Å². The highest BCUT2D eigenvalue weighted by Gasteiger charge is 2.28. The number of benzene rings is 1. The second-order valence-corrected chi connectivity index (χ2v) is 10.6. The number of hydrogen-bond acceptors (Lipinski definition) is 8. The Morgan fingerprint density at radius 2 is 2.06 bits per heavy atom. The first kappa shape index (κ1) is 25.2. The summed E-state index contributed by atoms with van der Waals surface area (Å²) in [4.78, 5) is 26.4. The maximum Gasteiger partial charge on any atom is 0.341 e. The summed E-state index contributed by atoms with van der Waals surface area (Å²) in [6.07, 6.45) is 2.49. The van der Waals surface area contributed by atoms with Crippen molar-refractivity contribution in [1.82, 2.24) is 14.8 Å². The van der Waals surface area contributed by atoms with Crippen molar-refractivity contribution in [3.8, 4) is 5.75 Å². The molecule has 1 aliphatic rings. The van der Waals surface area contributed by atoms with Crippen molar-refractivity contribution in [2.75, 3.05) is 17.7 Å². The third-order valence-corrected chi connectivity index (χ3v) is 8.08. The van der Waals surface area contributed by atoms with Crippen LogP contribution in [-0.2, 0) is 29.4 Å². The number of nitrogens with one attached hydrogen (secondary N) is 1. The van der Waals surface area contributed by atoms with E-state index < -0.39 is 0 Å². The Morgan fingerprint density at radius 1 is 1.26 bits per heavy atom. The first-order valence-electron chi connectivity index (χ1n) is 11.7. The number of aromatic nitrogens is 3. The van der Waals surface area contributed by atoms with Crippen LogP contribution in [0.15, 0.2) is 23.4 Å². The number of thioether (sulfide) groups is 1. The van der Waals surface area contributed by atoms with Crippen LogP contribution >= 0.6 is 23.1 Å². The van der Waals surface area contributed by atoms with Crippen molar-refractivity contribution < 1.29 is 19.1 Å². The van der Waals surface area contributed by atoms with Gasteiger partial charge >= 0.3 is 5.97 Å². The first-order valence-corrected chi connectivity index (χ1v) is 13.5. The van der Waals surface area contributed by atoms with Crippen molar-refractivity contribution in [3.63, 3.8) is 0 Å². The van der Waals surface area contributed by atoms with E-state index in [-0.39, 0.29) is 23.7 Å². The molecule has 1 aliphatic carbocycles. The highest BCUT2D eigenvalue weighted by atomic mass is 32.2. The summed E-state index contributed by atoms with van der Waals surface area (Å²) >= 11 is 2.76. The Balaban J connectivity index is 1.39. The van der Waals surface area contributed by atoms with E-state index in [2.05, 4.69) is 21.6 Å². The van der Waals surface area contributed by atoms with E-state index in [0.717, 1.165) is 41.0 Å². The number of esters is 1. The Bertz CT molecular complexity index is 1250. The van der Waals surface area contributed by atoms with Crippen molar-refractivity contribution >= 4 is 40.0 Å². The van der Waals surface area contributed by atoms with E-state index in [1.54, 1.807) is 6.92 Å². The normalized spacial score (nSPS) is 13.4. The monoisotopic (exact) mass is 514 g/mol. The van der Waals surface area contributed by atoms with Gasteiger partial charge in [0, 0.05) is 11.9 Å². The average molecular weight is 515 g/mol. The molecule has 10 heteroatoms. The summed E-state index contributed by atoms with van der Waals surface area (Å²) in [7, 11) is 1.86. The molecule has 2 heterocycles. The van der Waals surface area contributed by atoms with E-state index in [9.17, 15) is 9.59 Å². The first-order chi connectivity index (χ1) is 16.8. The maximum atomic E-state index is 12.7. The van der Waals surface area contributed by atoms with E-state index in [1.165, 1.54) is 28.7 Å². The number of fused-ring (bicyclic) bond motifs is 1. The molecule has 0 spiro atoms. The zero-order chi connectivity index (χ0) is 25.1. The highest BCUT2D eigenvalue weighted by Crippen LogP contribution is 2.39. The molecule has 1 aromatic carbocycles. The molecule has 186 valence electrons. The van der Waals surface area contributed by atoms with Gasteiger partial charge in [0.1, 0.15) is 10.8 Å². The predicted molar refractivity (Wildman–Crippen MR) is 138 cm³/mol. The Labute approximate surface area is 213 Å². The van der Waals surface area contributed by atoms with E-state index in [0.29, 0.717) is 28.2 Å². The van der Waals surface area contributed by atoms with Gasteiger partial charge in [0.25, 0.3) is 0 Å². The lowest BCUT2D eigenvalue weighted by molar-refractivity contribution is -0.113. The number of amides is 1. The number of thiophene rings is 1. The number of hydrogen-bond donors (Lipinski definition) is 1. The van der Waals surface area contributed by atoms with Gasteiger partial charge in [0.05, 0.1) is 17.9 Å². The molecule has 0 aliphatic heterocycles. The lowest BCUT2D eigenvalue weighted by atomic mass is 10.1. The van der Waals surface area contributed by atoms with Crippen molar-refractivity contribution in [1.29, 1.82) is 0 Å².